The number of quaternary nitrogens is 1. The molecule has 3 rings (SSSR count). The second kappa shape index (κ2) is 6.15. The van der Waals surface area contributed by atoms with Crippen LogP contribution in [0.15, 0.2) is 0 Å². The van der Waals surface area contributed by atoms with E-state index in [1.807, 2.05) is 0 Å². The van der Waals surface area contributed by atoms with Gasteiger partial charge in [0.05, 0.1) is 12.6 Å². The van der Waals surface area contributed by atoms with Gasteiger partial charge in [-0.15, -0.1) is 0 Å². The minimum absolute atomic E-state index is 0.378. The SMILES string of the molecule is CC1CCC(C(=O)C[NH+]2C(C)CN3CCCCC32)CC1. The largest absolute Gasteiger partial charge is 0.310 e. The van der Waals surface area contributed by atoms with Gasteiger partial charge in [-0.2, -0.15) is 0 Å². The average Bonchev–Trinajstić information content (AvgIpc) is 2.76. The van der Waals surface area contributed by atoms with E-state index < -0.39 is 0 Å². The Balaban J connectivity index is 1.57. The van der Waals surface area contributed by atoms with Gasteiger partial charge in [-0.25, -0.2) is 4.90 Å². The molecule has 3 atom stereocenters. The molecule has 0 radical (unpaired) electrons. The van der Waals surface area contributed by atoms with Crippen LogP contribution >= 0.6 is 0 Å². The van der Waals surface area contributed by atoms with E-state index in [2.05, 4.69) is 18.7 Å². The lowest BCUT2D eigenvalue weighted by atomic mass is 9.81. The third-order valence-electron chi connectivity index (χ3n) is 6.03. The zero-order chi connectivity index (χ0) is 14.1. The first kappa shape index (κ1) is 14.5. The molecular weight excluding hydrogens is 248 g/mol. The zero-order valence-corrected chi connectivity index (χ0v) is 13.2. The summed E-state index contributed by atoms with van der Waals surface area (Å²) in [7, 11) is 0. The highest BCUT2D eigenvalue weighted by Gasteiger charge is 2.43. The fraction of sp³-hybridized carbons (Fsp3) is 0.941. The monoisotopic (exact) mass is 279 g/mol. The summed E-state index contributed by atoms with van der Waals surface area (Å²) in [6.07, 6.45) is 9.47. The van der Waals surface area contributed by atoms with Crippen molar-refractivity contribution in [2.24, 2.45) is 11.8 Å². The number of carbonyl (C=O) groups excluding carboxylic acids is 1. The molecule has 1 aliphatic carbocycles. The van der Waals surface area contributed by atoms with Gasteiger partial charge in [0.15, 0.2) is 5.78 Å². The number of carbonyl (C=O) groups is 1. The molecule has 1 N–H and O–H groups in total. The molecule has 3 nitrogen and oxygen atoms in total. The van der Waals surface area contributed by atoms with Crippen molar-refractivity contribution in [1.29, 1.82) is 0 Å². The summed E-state index contributed by atoms with van der Waals surface area (Å²) in [5, 5.41) is 0. The van der Waals surface area contributed by atoms with Crippen molar-refractivity contribution in [3.05, 3.63) is 0 Å². The maximum Gasteiger partial charge on any atom is 0.189 e. The molecule has 3 aliphatic rings. The predicted octanol–water partition coefficient (Wildman–Crippen LogP) is 1.48. The van der Waals surface area contributed by atoms with E-state index in [0.29, 0.717) is 23.9 Å². The summed E-state index contributed by atoms with van der Waals surface area (Å²) in [6.45, 7) is 7.92. The van der Waals surface area contributed by atoms with Crippen molar-refractivity contribution in [1.82, 2.24) is 4.90 Å². The minimum atomic E-state index is 0.378. The number of hydrogen-bond donors (Lipinski definition) is 1. The Hall–Kier alpha value is -0.410. The number of ketones is 1. The molecule has 0 aromatic rings. The van der Waals surface area contributed by atoms with Crippen LogP contribution in [-0.2, 0) is 4.79 Å². The molecular formula is C17H31N2O+. The third kappa shape index (κ3) is 2.94. The summed E-state index contributed by atoms with van der Waals surface area (Å²) in [4.78, 5) is 16.9. The van der Waals surface area contributed by atoms with E-state index in [1.54, 1.807) is 4.90 Å². The summed E-state index contributed by atoms with van der Waals surface area (Å²) >= 11 is 0. The van der Waals surface area contributed by atoms with Crippen LogP contribution in [0.3, 0.4) is 0 Å². The number of hydrogen-bond acceptors (Lipinski definition) is 2. The highest BCUT2D eigenvalue weighted by Crippen LogP contribution is 2.28. The molecule has 3 fully saturated rings. The van der Waals surface area contributed by atoms with Crippen molar-refractivity contribution in [3.63, 3.8) is 0 Å². The molecule has 2 heterocycles. The van der Waals surface area contributed by atoms with Gasteiger partial charge < -0.3 is 4.90 Å². The number of nitrogens with zero attached hydrogens (tertiary/aromatic N) is 1. The second-order valence-corrected chi connectivity index (χ2v) is 7.58. The van der Waals surface area contributed by atoms with Crippen molar-refractivity contribution < 1.29 is 9.69 Å². The molecule has 0 amide bonds. The molecule has 1 saturated carbocycles. The van der Waals surface area contributed by atoms with Crippen LogP contribution in [0.25, 0.3) is 0 Å². The highest BCUT2D eigenvalue weighted by molar-refractivity contribution is 5.82. The Morgan fingerprint density at radius 1 is 1.10 bits per heavy atom. The van der Waals surface area contributed by atoms with Gasteiger partial charge in [-0.05, 0) is 38.5 Å². The van der Waals surface area contributed by atoms with Crippen LogP contribution in [0.4, 0.5) is 0 Å². The lowest BCUT2D eigenvalue weighted by molar-refractivity contribution is -0.932. The average molecular weight is 279 g/mol. The molecule has 3 heteroatoms. The number of fused-ring (bicyclic) bond motifs is 1. The topological polar surface area (TPSA) is 24.8 Å². The maximum atomic E-state index is 12.6. The van der Waals surface area contributed by atoms with Crippen molar-refractivity contribution >= 4 is 5.78 Å². The Labute approximate surface area is 123 Å². The fourth-order valence-corrected chi connectivity index (χ4v) is 4.65. The smallest absolute Gasteiger partial charge is 0.189 e. The van der Waals surface area contributed by atoms with Gasteiger partial charge in [-0.3, -0.25) is 4.79 Å². The van der Waals surface area contributed by atoms with Gasteiger partial charge in [0.2, 0.25) is 0 Å². The first-order valence-corrected chi connectivity index (χ1v) is 8.77. The molecule has 0 bridgehead atoms. The first-order chi connectivity index (χ1) is 9.65. The lowest BCUT2D eigenvalue weighted by Gasteiger charge is -2.32. The fourth-order valence-electron chi connectivity index (χ4n) is 4.65. The molecule has 2 aliphatic heterocycles. The van der Waals surface area contributed by atoms with Crippen LogP contribution in [0.1, 0.15) is 58.8 Å². The minimum Gasteiger partial charge on any atom is -0.310 e. The van der Waals surface area contributed by atoms with Crippen LogP contribution in [0.5, 0.6) is 0 Å². The van der Waals surface area contributed by atoms with Crippen molar-refractivity contribution in [3.8, 4) is 0 Å². The Morgan fingerprint density at radius 2 is 1.85 bits per heavy atom. The van der Waals surface area contributed by atoms with E-state index in [4.69, 9.17) is 0 Å². The van der Waals surface area contributed by atoms with Gasteiger partial charge in [0.1, 0.15) is 12.7 Å². The molecule has 114 valence electrons. The summed E-state index contributed by atoms with van der Waals surface area (Å²) < 4.78 is 0. The van der Waals surface area contributed by atoms with E-state index in [9.17, 15) is 4.79 Å². The van der Waals surface area contributed by atoms with Crippen LogP contribution in [0.2, 0.25) is 0 Å². The number of nitrogens with one attached hydrogen (secondary N) is 1. The molecule has 0 aromatic heterocycles. The predicted molar refractivity (Wildman–Crippen MR) is 80.6 cm³/mol. The van der Waals surface area contributed by atoms with Crippen LogP contribution in [0, 0.1) is 11.8 Å². The number of piperidine rings is 1. The summed E-state index contributed by atoms with van der Waals surface area (Å²) in [6, 6.07) is 0.643. The standard InChI is InChI=1S/C17H30N2O/c1-13-6-8-15(9-7-13)16(20)12-19-14(2)11-18-10-4-3-5-17(18)19/h13-15,17H,3-12H2,1-2H3/p+1. The molecule has 0 aromatic carbocycles. The first-order valence-electron chi connectivity index (χ1n) is 8.77. The van der Waals surface area contributed by atoms with Gasteiger partial charge in [-0.1, -0.05) is 19.8 Å². The lowest BCUT2D eigenvalue weighted by Crippen LogP contribution is -3.18. The summed E-state index contributed by atoms with van der Waals surface area (Å²) in [5.41, 5.74) is 0. The molecule has 2 saturated heterocycles. The second-order valence-electron chi connectivity index (χ2n) is 7.58. The summed E-state index contributed by atoms with van der Waals surface area (Å²) in [5.74, 6) is 1.78. The van der Waals surface area contributed by atoms with Crippen molar-refractivity contribution in [2.45, 2.75) is 71.0 Å². The number of Topliss-reactive ketones (excluding diaryl/α,β-unsaturated/α-hetero) is 1. The Morgan fingerprint density at radius 3 is 2.60 bits per heavy atom. The van der Waals surface area contributed by atoms with E-state index in [-0.39, 0.29) is 0 Å². The number of rotatable bonds is 3. The van der Waals surface area contributed by atoms with E-state index in [1.165, 1.54) is 45.2 Å². The normalized spacial score (nSPS) is 42.4. The molecule has 0 spiro atoms. The Bertz CT molecular complexity index is 349. The molecule has 3 unspecified atom stereocenters. The van der Waals surface area contributed by atoms with E-state index in [0.717, 1.165) is 25.3 Å². The quantitative estimate of drug-likeness (QED) is 0.846. The van der Waals surface area contributed by atoms with Gasteiger partial charge in [0, 0.05) is 18.9 Å². The molecule has 20 heavy (non-hydrogen) atoms. The van der Waals surface area contributed by atoms with E-state index >= 15 is 0 Å². The third-order valence-corrected chi connectivity index (χ3v) is 6.03. The van der Waals surface area contributed by atoms with Crippen LogP contribution in [-0.4, -0.2) is 42.5 Å². The highest BCUT2D eigenvalue weighted by atomic mass is 16.1. The zero-order valence-electron chi connectivity index (χ0n) is 13.2. The van der Waals surface area contributed by atoms with Gasteiger partial charge >= 0.3 is 0 Å². The van der Waals surface area contributed by atoms with Crippen molar-refractivity contribution in [2.75, 3.05) is 19.6 Å². The van der Waals surface area contributed by atoms with Crippen LogP contribution < -0.4 is 4.90 Å². The Kier molecular flexibility index (Phi) is 4.46. The maximum absolute atomic E-state index is 12.6. The van der Waals surface area contributed by atoms with Gasteiger partial charge in [0.25, 0.3) is 0 Å².